The van der Waals surface area contributed by atoms with Gasteiger partial charge in [-0.25, -0.2) is 4.90 Å². The van der Waals surface area contributed by atoms with Crippen LogP contribution in [0.3, 0.4) is 0 Å². The van der Waals surface area contributed by atoms with Crippen LogP contribution in [0.1, 0.15) is 37.9 Å². The molecular formula is C27H19NO5. The lowest BCUT2D eigenvalue weighted by Crippen LogP contribution is -2.51. The van der Waals surface area contributed by atoms with Gasteiger partial charge in [-0.05, 0) is 24.1 Å². The van der Waals surface area contributed by atoms with E-state index in [-0.39, 0.29) is 11.1 Å². The van der Waals surface area contributed by atoms with Crippen LogP contribution in [-0.4, -0.2) is 29.0 Å². The molecule has 0 N–H and O–H groups in total. The average molecular weight is 437 g/mol. The van der Waals surface area contributed by atoms with Crippen molar-refractivity contribution in [2.24, 2.45) is 11.8 Å². The Morgan fingerprint density at radius 3 is 1.94 bits per heavy atom. The Hall–Kier alpha value is -3.90. The lowest BCUT2D eigenvalue weighted by molar-refractivity contribution is -0.127. The van der Waals surface area contributed by atoms with Gasteiger partial charge in [-0.3, -0.25) is 19.2 Å². The molecule has 2 amide bonds. The number of ether oxygens (including phenoxy) is 1. The first-order valence-electron chi connectivity index (χ1n) is 10.8. The van der Waals surface area contributed by atoms with Crippen molar-refractivity contribution in [1.82, 2.24) is 0 Å². The largest absolute Gasteiger partial charge is 0.349 e. The molecule has 162 valence electrons. The van der Waals surface area contributed by atoms with Crippen molar-refractivity contribution >= 4 is 29.1 Å². The van der Waals surface area contributed by atoms with Crippen molar-refractivity contribution in [1.29, 1.82) is 0 Å². The number of imide groups is 1. The number of para-hydroxylation sites is 1. The van der Waals surface area contributed by atoms with E-state index in [4.69, 9.17) is 4.74 Å². The number of carbonyl (C=O) groups is 4. The number of aryl methyl sites for hydroxylation is 1. The maximum atomic E-state index is 13.9. The molecule has 6 rings (SSSR count). The third-order valence-corrected chi connectivity index (χ3v) is 7.00. The van der Waals surface area contributed by atoms with Gasteiger partial charge >= 0.3 is 0 Å². The molecule has 1 spiro atoms. The van der Waals surface area contributed by atoms with E-state index in [9.17, 15) is 19.2 Å². The summed E-state index contributed by atoms with van der Waals surface area (Å²) in [5.74, 6) is -4.36. The van der Waals surface area contributed by atoms with Crippen molar-refractivity contribution in [2.45, 2.75) is 18.6 Å². The van der Waals surface area contributed by atoms with Crippen LogP contribution >= 0.6 is 0 Å². The first-order valence-corrected chi connectivity index (χ1v) is 10.8. The summed E-state index contributed by atoms with van der Waals surface area (Å²) in [6, 6.07) is 22.6. The summed E-state index contributed by atoms with van der Waals surface area (Å²) in [5, 5.41) is 0. The minimum atomic E-state index is -2.04. The Kier molecular flexibility index (Phi) is 4.07. The van der Waals surface area contributed by atoms with E-state index < -0.39 is 46.9 Å². The van der Waals surface area contributed by atoms with Gasteiger partial charge in [0.1, 0.15) is 0 Å². The highest BCUT2D eigenvalue weighted by Crippen LogP contribution is 2.57. The molecule has 0 bridgehead atoms. The minimum absolute atomic E-state index is 0.226. The van der Waals surface area contributed by atoms with Crippen LogP contribution in [0.4, 0.5) is 5.69 Å². The topological polar surface area (TPSA) is 80.8 Å². The van der Waals surface area contributed by atoms with Gasteiger partial charge in [0, 0.05) is 11.1 Å². The van der Waals surface area contributed by atoms with E-state index in [1.807, 2.05) is 25.1 Å². The molecule has 2 fully saturated rings. The zero-order chi connectivity index (χ0) is 22.9. The second-order valence-electron chi connectivity index (χ2n) is 8.69. The van der Waals surface area contributed by atoms with Gasteiger partial charge in [0.25, 0.3) is 0 Å². The van der Waals surface area contributed by atoms with Gasteiger partial charge in [0.05, 0.1) is 23.6 Å². The summed E-state index contributed by atoms with van der Waals surface area (Å²) in [5.41, 5.74) is 0.263. The van der Waals surface area contributed by atoms with Crippen LogP contribution in [0.15, 0.2) is 78.9 Å². The van der Waals surface area contributed by atoms with Gasteiger partial charge in [0.2, 0.25) is 29.0 Å². The van der Waals surface area contributed by atoms with E-state index in [2.05, 4.69) is 0 Å². The molecule has 2 saturated heterocycles. The Labute approximate surface area is 189 Å². The summed E-state index contributed by atoms with van der Waals surface area (Å²) in [4.78, 5) is 56.1. The summed E-state index contributed by atoms with van der Waals surface area (Å²) < 4.78 is 6.26. The quantitative estimate of drug-likeness (QED) is 0.451. The number of hydrogen-bond acceptors (Lipinski definition) is 5. The van der Waals surface area contributed by atoms with E-state index in [0.717, 1.165) is 10.5 Å². The number of ketones is 2. The maximum absolute atomic E-state index is 13.9. The fourth-order valence-electron chi connectivity index (χ4n) is 5.51. The summed E-state index contributed by atoms with van der Waals surface area (Å²) in [6.45, 7) is 1.81. The Balaban J connectivity index is 1.57. The molecule has 3 aromatic rings. The van der Waals surface area contributed by atoms with E-state index >= 15 is 0 Å². The zero-order valence-electron chi connectivity index (χ0n) is 17.7. The first kappa shape index (κ1) is 19.8. The molecule has 0 aromatic heterocycles. The van der Waals surface area contributed by atoms with Crippen LogP contribution in [0.25, 0.3) is 0 Å². The van der Waals surface area contributed by atoms with Gasteiger partial charge in [0.15, 0.2) is 0 Å². The predicted octanol–water partition coefficient (Wildman–Crippen LogP) is 3.69. The number of benzene rings is 3. The third-order valence-electron chi connectivity index (χ3n) is 7.00. The Morgan fingerprint density at radius 2 is 1.30 bits per heavy atom. The second kappa shape index (κ2) is 6.80. The summed E-state index contributed by atoms with van der Waals surface area (Å²) in [7, 11) is 0. The number of fused-ring (bicyclic) bond motifs is 3. The molecule has 3 atom stereocenters. The van der Waals surface area contributed by atoms with Crippen LogP contribution in [-0.2, 0) is 14.3 Å². The number of anilines is 1. The highest BCUT2D eigenvalue weighted by atomic mass is 16.5. The monoisotopic (exact) mass is 437 g/mol. The van der Waals surface area contributed by atoms with Crippen molar-refractivity contribution in [3.8, 4) is 0 Å². The number of amides is 2. The fourth-order valence-corrected chi connectivity index (χ4v) is 5.51. The standard InChI is InChI=1S/C27H19NO5/c1-15-9-5-8-14-19(15)28-25(31)20-21(26(28)32)27(33-22(20)16-10-3-2-4-11-16)23(29)17-12-6-7-13-18(17)24(27)30/h2-14,20-22H,1H3/t20-,21-,22-/m0/s1. The molecular weight excluding hydrogens is 418 g/mol. The molecule has 6 nitrogen and oxygen atoms in total. The normalized spacial score (nSPS) is 25.1. The highest BCUT2D eigenvalue weighted by molar-refractivity contribution is 6.37. The Morgan fingerprint density at radius 1 is 0.727 bits per heavy atom. The molecule has 6 heteroatoms. The number of rotatable bonds is 2. The van der Waals surface area contributed by atoms with E-state index in [1.165, 1.54) is 0 Å². The fraction of sp³-hybridized carbons (Fsp3) is 0.185. The van der Waals surface area contributed by atoms with E-state index in [1.54, 1.807) is 60.7 Å². The van der Waals surface area contributed by atoms with Crippen LogP contribution in [0, 0.1) is 18.8 Å². The Bertz CT molecular complexity index is 1330. The van der Waals surface area contributed by atoms with Crippen molar-refractivity contribution < 1.29 is 23.9 Å². The van der Waals surface area contributed by atoms with Crippen molar-refractivity contribution in [2.75, 3.05) is 4.90 Å². The zero-order valence-corrected chi connectivity index (χ0v) is 17.7. The third kappa shape index (κ3) is 2.41. The van der Waals surface area contributed by atoms with E-state index in [0.29, 0.717) is 11.3 Å². The predicted molar refractivity (Wildman–Crippen MR) is 119 cm³/mol. The van der Waals surface area contributed by atoms with Crippen molar-refractivity contribution in [3.05, 3.63) is 101 Å². The lowest BCUT2D eigenvalue weighted by atomic mass is 9.77. The van der Waals surface area contributed by atoms with Crippen molar-refractivity contribution in [3.63, 3.8) is 0 Å². The molecule has 3 aromatic carbocycles. The van der Waals surface area contributed by atoms with Crippen LogP contribution in [0.2, 0.25) is 0 Å². The summed E-state index contributed by atoms with van der Waals surface area (Å²) in [6.07, 6.45) is -0.899. The first-order chi connectivity index (χ1) is 16.0. The van der Waals surface area contributed by atoms with Gasteiger partial charge in [-0.15, -0.1) is 0 Å². The van der Waals surface area contributed by atoms with Gasteiger partial charge < -0.3 is 4.74 Å². The molecule has 2 heterocycles. The second-order valence-corrected chi connectivity index (χ2v) is 8.69. The number of Topliss-reactive ketones (excluding diaryl/α,β-unsaturated/α-hetero) is 2. The van der Waals surface area contributed by atoms with Gasteiger partial charge in [-0.1, -0.05) is 72.8 Å². The smallest absolute Gasteiger partial charge is 0.241 e. The number of carbonyl (C=O) groups excluding carboxylic acids is 4. The SMILES string of the molecule is Cc1ccccc1N1C(=O)[C@H]2[C@@H](C1=O)C1(O[C@H]2c2ccccc2)C(=O)c2ccccc2C1=O. The molecule has 0 saturated carbocycles. The number of nitrogens with zero attached hydrogens (tertiary/aromatic N) is 1. The lowest BCUT2D eigenvalue weighted by Gasteiger charge is -2.27. The number of hydrogen-bond donors (Lipinski definition) is 0. The molecule has 1 aliphatic carbocycles. The average Bonchev–Trinajstić information content (AvgIpc) is 3.40. The molecule has 3 aliphatic rings. The maximum Gasteiger partial charge on any atom is 0.241 e. The van der Waals surface area contributed by atoms with Gasteiger partial charge in [-0.2, -0.15) is 0 Å². The van der Waals surface area contributed by atoms with Crippen LogP contribution < -0.4 is 4.90 Å². The van der Waals surface area contributed by atoms with Crippen LogP contribution in [0.5, 0.6) is 0 Å². The molecule has 0 radical (unpaired) electrons. The molecule has 0 unspecified atom stereocenters. The molecule has 2 aliphatic heterocycles. The molecule has 33 heavy (non-hydrogen) atoms. The highest BCUT2D eigenvalue weighted by Gasteiger charge is 2.74. The minimum Gasteiger partial charge on any atom is -0.349 e. The summed E-state index contributed by atoms with van der Waals surface area (Å²) >= 11 is 0.